The van der Waals surface area contributed by atoms with Crippen molar-refractivity contribution < 1.29 is 14.7 Å². The first kappa shape index (κ1) is 14.5. The van der Waals surface area contributed by atoms with Crippen LogP contribution in [0.4, 0.5) is 0 Å². The lowest BCUT2D eigenvalue weighted by Crippen LogP contribution is -2.33. The predicted molar refractivity (Wildman–Crippen MR) is 84.4 cm³/mol. The van der Waals surface area contributed by atoms with Crippen LogP contribution in [-0.2, 0) is 10.2 Å². The fraction of sp³-hybridized carbons (Fsp3) is 0.263. The van der Waals surface area contributed by atoms with Crippen LogP contribution in [0.1, 0.15) is 53.7 Å². The smallest absolute Gasteiger partial charge is 0.197 e. The molecule has 1 atom stereocenters. The lowest BCUT2D eigenvalue weighted by Gasteiger charge is -2.37. The van der Waals surface area contributed by atoms with Crippen LogP contribution >= 0.6 is 0 Å². The van der Waals surface area contributed by atoms with Crippen molar-refractivity contribution in [3.63, 3.8) is 0 Å². The van der Waals surface area contributed by atoms with E-state index in [-0.39, 0.29) is 17.3 Å². The SMILES string of the molecule is CC(=O)CCC1(C)c2ccccc2C(=O)c2c(O)cccc21. The van der Waals surface area contributed by atoms with Crippen LogP contribution in [-0.4, -0.2) is 16.7 Å². The number of hydrogen-bond acceptors (Lipinski definition) is 3. The molecule has 0 amide bonds. The Morgan fingerprint density at radius 3 is 2.50 bits per heavy atom. The predicted octanol–water partition coefficient (Wildman–Crippen LogP) is 3.61. The summed E-state index contributed by atoms with van der Waals surface area (Å²) in [6.07, 6.45) is 1.05. The number of benzene rings is 2. The van der Waals surface area contributed by atoms with E-state index in [1.165, 1.54) is 6.07 Å². The third-order valence-electron chi connectivity index (χ3n) is 4.61. The summed E-state index contributed by atoms with van der Waals surface area (Å²) in [5.74, 6) is -0.0210. The zero-order valence-corrected chi connectivity index (χ0v) is 12.7. The van der Waals surface area contributed by atoms with Crippen LogP contribution in [0.2, 0.25) is 0 Å². The minimum absolute atomic E-state index is 0.00560. The minimum atomic E-state index is -0.454. The monoisotopic (exact) mass is 294 g/mol. The van der Waals surface area contributed by atoms with E-state index in [1.54, 1.807) is 19.1 Å². The van der Waals surface area contributed by atoms with Gasteiger partial charge in [-0.2, -0.15) is 0 Å². The van der Waals surface area contributed by atoms with E-state index in [1.807, 2.05) is 31.2 Å². The van der Waals surface area contributed by atoms with Crippen LogP contribution in [0.25, 0.3) is 0 Å². The maximum atomic E-state index is 12.7. The van der Waals surface area contributed by atoms with Gasteiger partial charge in [-0.15, -0.1) is 0 Å². The molecule has 112 valence electrons. The number of aromatic hydroxyl groups is 1. The summed E-state index contributed by atoms with van der Waals surface area (Å²) in [6.45, 7) is 3.62. The van der Waals surface area contributed by atoms with Crippen LogP contribution < -0.4 is 0 Å². The van der Waals surface area contributed by atoms with Gasteiger partial charge in [0.2, 0.25) is 0 Å². The Bertz CT molecular complexity index is 776. The molecule has 22 heavy (non-hydrogen) atoms. The third-order valence-corrected chi connectivity index (χ3v) is 4.61. The standard InChI is InChI=1S/C19H18O3/c1-12(20)10-11-19(2)14-7-4-3-6-13(14)18(22)17-15(19)8-5-9-16(17)21/h3-9,21H,10-11H2,1-2H3. The third kappa shape index (κ3) is 2.05. The first-order valence-corrected chi connectivity index (χ1v) is 7.41. The summed E-state index contributed by atoms with van der Waals surface area (Å²) in [7, 11) is 0. The van der Waals surface area contributed by atoms with Crippen molar-refractivity contribution in [3.05, 3.63) is 64.7 Å². The van der Waals surface area contributed by atoms with E-state index >= 15 is 0 Å². The Labute approximate surface area is 129 Å². The van der Waals surface area contributed by atoms with Crippen LogP contribution in [0.5, 0.6) is 5.75 Å². The Balaban J connectivity index is 2.27. The van der Waals surface area contributed by atoms with Crippen molar-refractivity contribution in [3.8, 4) is 5.75 Å². The van der Waals surface area contributed by atoms with Crippen molar-refractivity contribution in [2.24, 2.45) is 0 Å². The molecule has 0 saturated heterocycles. The van der Waals surface area contributed by atoms with E-state index in [0.717, 1.165) is 11.1 Å². The van der Waals surface area contributed by atoms with Crippen molar-refractivity contribution in [2.75, 3.05) is 0 Å². The highest BCUT2D eigenvalue weighted by Crippen LogP contribution is 2.46. The van der Waals surface area contributed by atoms with Gasteiger partial charge in [-0.1, -0.05) is 43.3 Å². The number of carbonyl (C=O) groups is 2. The summed E-state index contributed by atoms with van der Waals surface area (Å²) in [5.41, 5.74) is 2.26. The fourth-order valence-corrected chi connectivity index (χ4v) is 3.38. The quantitative estimate of drug-likeness (QED) is 0.940. The summed E-state index contributed by atoms with van der Waals surface area (Å²) >= 11 is 0. The fourth-order valence-electron chi connectivity index (χ4n) is 3.38. The molecule has 3 heteroatoms. The van der Waals surface area contributed by atoms with Gasteiger partial charge in [0, 0.05) is 17.4 Å². The molecule has 2 aromatic rings. The van der Waals surface area contributed by atoms with Crippen molar-refractivity contribution in [1.29, 1.82) is 0 Å². The Morgan fingerprint density at radius 1 is 1.09 bits per heavy atom. The molecular formula is C19H18O3. The topological polar surface area (TPSA) is 54.4 Å². The molecule has 0 aliphatic heterocycles. The molecule has 1 aliphatic carbocycles. The molecule has 0 bridgehead atoms. The molecule has 1 aliphatic rings. The zero-order valence-electron chi connectivity index (χ0n) is 12.7. The highest BCUT2D eigenvalue weighted by atomic mass is 16.3. The number of rotatable bonds is 3. The van der Waals surface area contributed by atoms with E-state index in [4.69, 9.17) is 0 Å². The maximum absolute atomic E-state index is 12.7. The lowest BCUT2D eigenvalue weighted by molar-refractivity contribution is -0.117. The van der Waals surface area contributed by atoms with Gasteiger partial charge in [0.15, 0.2) is 5.78 Å². The molecular weight excluding hydrogens is 276 g/mol. The lowest BCUT2D eigenvalue weighted by atomic mass is 9.65. The van der Waals surface area contributed by atoms with Gasteiger partial charge in [-0.3, -0.25) is 4.79 Å². The number of phenols is 1. The maximum Gasteiger partial charge on any atom is 0.197 e. The van der Waals surface area contributed by atoms with Gasteiger partial charge in [0.25, 0.3) is 0 Å². The molecule has 1 unspecified atom stereocenters. The van der Waals surface area contributed by atoms with Crippen molar-refractivity contribution in [1.82, 2.24) is 0 Å². The molecule has 0 fully saturated rings. The van der Waals surface area contributed by atoms with Gasteiger partial charge in [0.05, 0.1) is 5.56 Å². The normalized spacial score (nSPS) is 19.5. The number of ketones is 2. The molecule has 0 saturated carbocycles. The van der Waals surface area contributed by atoms with Crippen LogP contribution in [0, 0.1) is 0 Å². The highest BCUT2D eigenvalue weighted by molar-refractivity contribution is 6.14. The van der Waals surface area contributed by atoms with Gasteiger partial charge in [-0.25, -0.2) is 0 Å². The molecule has 2 aromatic carbocycles. The van der Waals surface area contributed by atoms with E-state index in [0.29, 0.717) is 24.0 Å². The Kier molecular flexibility index (Phi) is 3.36. The van der Waals surface area contributed by atoms with Crippen molar-refractivity contribution in [2.45, 2.75) is 32.1 Å². The second-order valence-electron chi connectivity index (χ2n) is 6.11. The molecule has 3 rings (SSSR count). The van der Waals surface area contributed by atoms with Crippen LogP contribution in [0.3, 0.4) is 0 Å². The van der Waals surface area contributed by atoms with E-state index in [2.05, 4.69) is 0 Å². The summed E-state index contributed by atoms with van der Waals surface area (Å²) in [5, 5.41) is 10.2. The van der Waals surface area contributed by atoms with Gasteiger partial charge in [0.1, 0.15) is 11.5 Å². The van der Waals surface area contributed by atoms with Crippen LogP contribution in [0.15, 0.2) is 42.5 Å². The molecule has 0 radical (unpaired) electrons. The first-order chi connectivity index (χ1) is 10.4. The molecule has 3 nitrogen and oxygen atoms in total. The number of fused-ring (bicyclic) bond motifs is 2. The summed E-state index contributed by atoms with van der Waals surface area (Å²) in [6, 6.07) is 12.6. The number of Topliss-reactive ketones (excluding diaryl/α,β-unsaturated/α-hetero) is 1. The second-order valence-corrected chi connectivity index (χ2v) is 6.11. The average Bonchev–Trinajstić information content (AvgIpc) is 2.51. The average molecular weight is 294 g/mol. The molecule has 0 heterocycles. The summed E-state index contributed by atoms with van der Waals surface area (Å²) in [4.78, 5) is 24.2. The Morgan fingerprint density at radius 2 is 1.77 bits per heavy atom. The minimum Gasteiger partial charge on any atom is -0.507 e. The summed E-state index contributed by atoms with van der Waals surface area (Å²) < 4.78 is 0. The van der Waals surface area contributed by atoms with Gasteiger partial charge < -0.3 is 9.90 Å². The molecule has 0 spiro atoms. The highest BCUT2D eigenvalue weighted by Gasteiger charge is 2.40. The number of hydrogen-bond donors (Lipinski definition) is 1. The van der Waals surface area contributed by atoms with Crippen molar-refractivity contribution >= 4 is 11.6 Å². The Hall–Kier alpha value is -2.42. The zero-order chi connectivity index (χ0) is 15.9. The number of carbonyl (C=O) groups excluding carboxylic acids is 2. The molecule has 1 N–H and O–H groups in total. The first-order valence-electron chi connectivity index (χ1n) is 7.41. The van der Waals surface area contributed by atoms with E-state index < -0.39 is 5.41 Å². The molecule has 0 aromatic heterocycles. The largest absolute Gasteiger partial charge is 0.507 e. The van der Waals surface area contributed by atoms with Gasteiger partial charge in [-0.05, 0) is 30.5 Å². The van der Waals surface area contributed by atoms with E-state index in [9.17, 15) is 14.7 Å². The second kappa shape index (κ2) is 5.09. The number of phenolic OH excluding ortho intramolecular Hbond substituents is 1. The van der Waals surface area contributed by atoms with Gasteiger partial charge >= 0.3 is 0 Å².